The monoisotopic (exact) mass is 630 g/mol. The van der Waals surface area contributed by atoms with E-state index in [1.807, 2.05) is 13.0 Å². The molecule has 1 unspecified atom stereocenters. The zero-order valence-corrected chi connectivity index (χ0v) is 25.0. The molecule has 0 spiro atoms. The second-order valence-corrected chi connectivity index (χ2v) is 12.0. The number of alkyl halides is 2. The van der Waals surface area contributed by atoms with Gasteiger partial charge in [0.2, 0.25) is 11.7 Å². The SMILES string of the molecule is C=C1C(=O)C(N)=C1N1Cc2cc(CNC(=O)Cc3cc(C(=O)N[C@H]4CCC5=C(C)C(C(=O)O)CC=C54)ncn3)ccc2C(F)(F)C1. The van der Waals surface area contributed by atoms with E-state index in [9.17, 15) is 33.1 Å². The van der Waals surface area contributed by atoms with Crippen molar-refractivity contribution in [3.8, 4) is 0 Å². The van der Waals surface area contributed by atoms with Crippen LogP contribution in [0.5, 0.6) is 0 Å². The third kappa shape index (κ3) is 5.57. The van der Waals surface area contributed by atoms with Crippen LogP contribution in [0, 0.1) is 5.92 Å². The standard InChI is InChI=1S/C33H32F2N6O5/c1-16-21-6-8-25(23(21)5-4-22(16)32(45)46)40-31(44)26-10-20(38-15-39-26)11-27(42)37-12-18-3-7-24-19(9-18)13-41(14-33(24,34)35)29-17(2)30(43)28(29)36/h3,5,7,9-10,15,22,25H,2,4,6,8,11-14,36H2,1H3,(H,37,42)(H,40,44)(H,45,46)/t22?,25-/m0/s1. The number of carboxylic acids is 1. The first kappa shape index (κ1) is 30.8. The summed E-state index contributed by atoms with van der Waals surface area (Å²) in [5.74, 6) is -5.84. The number of carbonyl (C=O) groups excluding carboxylic acids is 3. The average Bonchev–Trinajstić information content (AvgIpc) is 3.43. The predicted molar refractivity (Wildman–Crippen MR) is 161 cm³/mol. The van der Waals surface area contributed by atoms with Gasteiger partial charge in [0.1, 0.15) is 17.7 Å². The van der Waals surface area contributed by atoms with Gasteiger partial charge in [-0.3, -0.25) is 19.2 Å². The molecule has 2 aromatic rings. The summed E-state index contributed by atoms with van der Waals surface area (Å²) in [5.41, 5.74) is 10.0. The average molecular weight is 631 g/mol. The number of Topliss-reactive ketones (excluding diaryl/α,β-unsaturated/α-hetero) is 1. The molecule has 0 saturated heterocycles. The fourth-order valence-electron chi connectivity index (χ4n) is 6.66. The van der Waals surface area contributed by atoms with Crippen LogP contribution < -0.4 is 16.4 Å². The Morgan fingerprint density at radius 1 is 1.22 bits per heavy atom. The minimum absolute atomic E-state index is 0.0704. The van der Waals surface area contributed by atoms with Crippen molar-refractivity contribution >= 4 is 23.6 Å². The molecule has 13 heteroatoms. The third-order valence-electron chi connectivity index (χ3n) is 9.06. The van der Waals surface area contributed by atoms with Gasteiger partial charge in [-0.05, 0) is 54.5 Å². The number of hydrogen-bond acceptors (Lipinski definition) is 8. The number of ketones is 1. The lowest BCUT2D eigenvalue weighted by Gasteiger charge is -2.40. The lowest BCUT2D eigenvalue weighted by molar-refractivity contribution is -0.140. The molecular formula is C33H32F2N6O5. The van der Waals surface area contributed by atoms with Crippen molar-refractivity contribution in [1.82, 2.24) is 25.5 Å². The Hall–Kier alpha value is -5.20. The van der Waals surface area contributed by atoms with E-state index in [0.717, 1.165) is 16.7 Å². The zero-order valence-electron chi connectivity index (χ0n) is 25.0. The minimum Gasteiger partial charge on any atom is -0.481 e. The number of nitrogens with two attached hydrogens (primary N) is 1. The van der Waals surface area contributed by atoms with Gasteiger partial charge in [0, 0.05) is 24.2 Å². The molecule has 2 heterocycles. The molecule has 1 aromatic heterocycles. The van der Waals surface area contributed by atoms with Gasteiger partial charge in [-0.1, -0.05) is 36.4 Å². The number of carbonyl (C=O) groups is 4. The molecule has 2 amide bonds. The number of nitrogens with one attached hydrogen (secondary N) is 2. The summed E-state index contributed by atoms with van der Waals surface area (Å²) in [6, 6.07) is 5.65. The molecule has 4 aliphatic rings. The number of aliphatic carboxylic acids is 1. The summed E-state index contributed by atoms with van der Waals surface area (Å²) in [5, 5.41) is 15.2. The first-order valence-electron chi connectivity index (χ1n) is 14.8. The summed E-state index contributed by atoms with van der Waals surface area (Å²) in [6.45, 7) is 5.03. The van der Waals surface area contributed by atoms with Crippen molar-refractivity contribution in [2.75, 3.05) is 6.54 Å². The number of allylic oxidation sites excluding steroid dienone is 3. The lowest BCUT2D eigenvalue weighted by atomic mass is 9.84. The normalized spacial score (nSPS) is 21.7. The fraction of sp³-hybridized carbons (Fsp3) is 0.333. The van der Waals surface area contributed by atoms with Crippen molar-refractivity contribution < 1.29 is 33.1 Å². The molecule has 1 aliphatic heterocycles. The Bertz CT molecular complexity index is 1810. The van der Waals surface area contributed by atoms with Crippen LogP contribution in [-0.2, 0) is 39.8 Å². The molecule has 1 saturated carbocycles. The highest BCUT2D eigenvalue weighted by Crippen LogP contribution is 2.42. The number of halogens is 2. The Labute approximate surface area is 263 Å². The van der Waals surface area contributed by atoms with E-state index in [4.69, 9.17) is 5.73 Å². The van der Waals surface area contributed by atoms with Gasteiger partial charge in [-0.25, -0.2) is 9.97 Å². The highest BCUT2D eigenvalue weighted by Gasteiger charge is 2.44. The van der Waals surface area contributed by atoms with Crippen LogP contribution in [-0.4, -0.2) is 56.1 Å². The molecule has 0 bridgehead atoms. The molecule has 5 N–H and O–H groups in total. The van der Waals surface area contributed by atoms with Crippen molar-refractivity contribution in [3.63, 3.8) is 0 Å². The summed E-state index contributed by atoms with van der Waals surface area (Å²) in [6.07, 6.45) is 4.66. The quantitative estimate of drug-likeness (QED) is 0.321. The molecule has 3 aliphatic carbocycles. The van der Waals surface area contributed by atoms with E-state index in [-0.39, 0.29) is 53.8 Å². The van der Waals surface area contributed by atoms with E-state index < -0.39 is 42.0 Å². The van der Waals surface area contributed by atoms with Crippen LogP contribution in [0.3, 0.4) is 0 Å². The van der Waals surface area contributed by atoms with Crippen LogP contribution in [0.1, 0.15) is 59.1 Å². The smallest absolute Gasteiger partial charge is 0.310 e. The van der Waals surface area contributed by atoms with Gasteiger partial charge < -0.3 is 26.4 Å². The van der Waals surface area contributed by atoms with Gasteiger partial charge in [-0.2, -0.15) is 8.78 Å². The molecule has 1 aromatic carbocycles. The number of aromatic nitrogens is 2. The van der Waals surface area contributed by atoms with Crippen LogP contribution in [0.2, 0.25) is 0 Å². The first-order chi connectivity index (χ1) is 21.8. The number of fused-ring (bicyclic) bond motifs is 2. The van der Waals surface area contributed by atoms with Gasteiger partial charge in [0.15, 0.2) is 0 Å². The second-order valence-electron chi connectivity index (χ2n) is 12.0. The molecule has 6 rings (SSSR count). The number of amides is 2. The van der Waals surface area contributed by atoms with Crippen molar-refractivity contribution in [2.45, 2.75) is 57.7 Å². The second kappa shape index (κ2) is 11.6. The molecule has 1 fully saturated rings. The summed E-state index contributed by atoms with van der Waals surface area (Å²) in [7, 11) is 0. The molecule has 46 heavy (non-hydrogen) atoms. The molecule has 238 valence electrons. The summed E-state index contributed by atoms with van der Waals surface area (Å²) >= 11 is 0. The van der Waals surface area contributed by atoms with Crippen molar-refractivity contribution in [1.29, 1.82) is 0 Å². The van der Waals surface area contributed by atoms with Crippen molar-refractivity contribution in [2.24, 2.45) is 11.7 Å². The lowest BCUT2D eigenvalue weighted by Crippen LogP contribution is -2.45. The number of nitrogens with zero attached hydrogens (tertiary/aromatic N) is 3. The number of benzene rings is 1. The Morgan fingerprint density at radius 2 is 2.00 bits per heavy atom. The highest BCUT2D eigenvalue weighted by atomic mass is 19.3. The topological polar surface area (TPSA) is 168 Å². The third-order valence-corrected chi connectivity index (χ3v) is 9.06. The van der Waals surface area contributed by atoms with E-state index in [1.165, 1.54) is 29.4 Å². The van der Waals surface area contributed by atoms with Gasteiger partial charge in [0.05, 0.1) is 36.3 Å². The van der Waals surface area contributed by atoms with Gasteiger partial charge in [-0.15, -0.1) is 0 Å². The Balaban J connectivity index is 1.06. The highest BCUT2D eigenvalue weighted by molar-refractivity contribution is 6.18. The van der Waals surface area contributed by atoms with E-state index >= 15 is 0 Å². The molecule has 11 nitrogen and oxygen atoms in total. The maximum atomic E-state index is 15.0. The van der Waals surface area contributed by atoms with Gasteiger partial charge >= 0.3 is 5.97 Å². The minimum atomic E-state index is -3.18. The Morgan fingerprint density at radius 3 is 2.74 bits per heavy atom. The van der Waals surface area contributed by atoms with Crippen LogP contribution in [0.25, 0.3) is 0 Å². The molecular weight excluding hydrogens is 598 g/mol. The fourth-order valence-corrected chi connectivity index (χ4v) is 6.66. The maximum absolute atomic E-state index is 15.0. The van der Waals surface area contributed by atoms with Crippen LogP contribution in [0.4, 0.5) is 8.78 Å². The molecule has 0 radical (unpaired) electrons. The predicted octanol–water partition coefficient (Wildman–Crippen LogP) is 2.79. The number of hydrogen-bond donors (Lipinski definition) is 4. The van der Waals surface area contributed by atoms with Crippen molar-refractivity contribution in [3.05, 3.63) is 105 Å². The molecule has 2 atom stereocenters. The maximum Gasteiger partial charge on any atom is 0.310 e. The van der Waals surface area contributed by atoms with Crippen LogP contribution >= 0.6 is 0 Å². The Kier molecular flexibility index (Phi) is 7.78. The van der Waals surface area contributed by atoms with E-state index in [0.29, 0.717) is 36.1 Å². The van der Waals surface area contributed by atoms with E-state index in [2.05, 4.69) is 27.2 Å². The summed E-state index contributed by atoms with van der Waals surface area (Å²) < 4.78 is 30.0. The number of rotatable bonds is 8. The summed E-state index contributed by atoms with van der Waals surface area (Å²) in [4.78, 5) is 58.7. The number of carboxylic acid groups (broad SMARTS) is 1. The van der Waals surface area contributed by atoms with E-state index in [1.54, 1.807) is 6.07 Å². The zero-order chi connectivity index (χ0) is 32.9. The van der Waals surface area contributed by atoms with Gasteiger partial charge in [0.25, 0.3) is 11.8 Å². The largest absolute Gasteiger partial charge is 0.481 e. The van der Waals surface area contributed by atoms with Crippen LogP contribution in [0.15, 0.2) is 76.9 Å². The first-order valence-corrected chi connectivity index (χ1v) is 14.8.